The minimum atomic E-state index is -4.17. The fraction of sp³-hybridized carbons (Fsp3) is 0.562. The molecule has 0 aliphatic carbocycles. The van der Waals surface area contributed by atoms with Crippen LogP contribution in [0.2, 0.25) is 25.7 Å². The standard InChI is InChI=1S/C16H23F3OS2Si/c1-23(2,3)12-14(11-16(17,18)19)22-15(21)20-10-9-13-7-5-4-6-8-13/h4-8,14H,9-12H2,1-3H3. The lowest BCUT2D eigenvalue weighted by Gasteiger charge is -2.25. The summed E-state index contributed by atoms with van der Waals surface area (Å²) in [7, 11) is -1.61. The normalized spacial score (nSPS) is 13.7. The van der Waals surface area contributed by atoms with Crippen LogP contribution in [0.3, 0.4) is 0 Å². The number of thioether (sulfide) groups is 1. The first-order valence-electron chi connectivity index (χ1n) is 7.49. The Labute approximate surface area is 147 Å². The Kier molecular flexibility index (Phi) is 8.10. The molecule has 0 heterocycles. The third-order valence-electron chi connectivity index (χ3n) is 3.02. The van der Waals surface area contributed by atoms with Crippen LogP contribution in [-0.4, -0.2) is 30.5 Å². The highest BCUT2D eigenvalue weighted by Crippen LogP contribution is 2.34. The molecule has 1 unspecified atom stereocenters. The summed E-state index contributed by atoms with van der Waals surface area (Å²) in [5.41, 5.74) is 1.12. The molecule has 0 fully saturated rings. The molecule has 0 bridgehead atoms. The maximum absolute atomic E-state index is 12.7. The number of ether oxygens (including phenoxy) is 1. The summed E-state index contributed by atoms with van der Waals surface area (Å²) < 4.78 is 43.8. The number of thiocarbonyl (C=S) groups is 1. The molecule has 1 nitrogen and oxygen atoms in total. The van der Waals surface area contributed by atoms with Crippen molar-refractivity contribution in [2.75, 3.05) is 6.61 Å². The van der Waals surface area contributed by atoms with Crippen molar-refractivity contribution in [3.63, 3.8) is 0 Å². The molecule has 0 aliphatic heterocycles. The molecule has 0 aromatic heterocycles. The number of benzene rings is 1. The Bertz CT molecular complexity index is 470. The second-order valence-corrected chi connectivity index (χ2v) is 14.1. The fourth-order valence-corrected chi connectivity index (χ4v) is 6.69. The molecule has 130 valence electrons. The molecule has 1 rings (SSSR count). The van der Waals surface area contributed by atoms with Crippen molar-refractivity contribution in [3.05, 3.63) is 35.9 Å². The summed E-state index contributed by atoms with van der Waals surface area (Å²) in [6.45, 7) is 6.59. The molecule has 1 aromatic carbocycles. The molecule has 0 N–H and O–H groups in total. The van der Waals surface area contributed by atoms with E-state index < -0.39 is 25.9 Å². The van der Waals surface area contributed by atoms with Gasteiger partial charge in [-0.1, -0.05) is 61.7 Å². The van der Waals surface area contributed by atoms with Gasteiger partial charge in [0.25, 0.3) is 0 Å². The largest absolute Gasteiger partial charge is 0.478 e. The zero-order chi connectivity index (χ0) is 17.5. The first-order valence-corrected chi connectivity index (χ1v) is 12.5. The van der Waals surface area contributed by atoms with Gasteiger partial charge in [0.2, 0.25) is 4.38 Å². The van der Waals surface area contributed by atoms with E-state index in [9.17, 15) is 13.2 Å². The molecule has 0 saturated heterocycles. The van der Waals surface area contributed by atoms with Gasteiger partial charge in [0.1, 0.15) is 0 Å². The summed E-state index contributed by atoms with van der Waals surface area (Å²) in [6.07, 6.45) is -4.29. The monoisotopic (exact) mass is 380 g/mol. The fourth-order valence-electron chi connectivity index (χ4n) is 2.16. The van der Waals surface area contributed by atoms with Gasteiger partial charge in [0, 0.05) is 19.7 Å². The van der Waals surface area contributed by atoms with Crippen molar-refractivity contribution in [3.8, 4) is 0 Å². The van der Waals surface area contributed by atoms with Crippen molar-refractivity contribution in [1.82, 2.24) is 0 Å². The van der Waals surface area contributed by atoms with Crippen molar-refractivity contribution in [2.45, 2.75) is 50.0 Å². The van der Waals surface area contributed by atoms with E-state index in [-0.39, 0.29) is 4.38 Å². The third-order valence-corrected chi connectivity index (χ3v) is 6.41. The van der Waals surface area contributed by atoms with Crippen LogP contribution in [0.15, 0.2) is 30.3 Å². The molecule has 0 radical (unpaired) electrons. The maximum atomic E-state index is 12.7. The Morgan fingerprint density at radius 2 is 1.83 bits per heavy atom. The zero-order valence-electron chi connectivity index (χ0n) is 13.7. The molecule has 23 heavy (non-hydrogen) atoms. The summed E-state index contributed by atoms with van der Waals surface area (Å²) in [6, 6.07) is 10.3. The summed E-state index contributed by atoms with van der Waals surface area (Å²) in [5.74, 6) is 0. The number of halogens is 3. The van der Waals surface area contributed by atoms with Gasteiger partial charge in [0.05, 0.1) is 13.0 Å². The van der Waals surface area contributed by atoms with Crippen molar-refractivity contribution < 1.29 is 17.9 Å². The third kappa shape index (κ3) is 10.8. The second kappa shape index (κ2) is 9.08. The zero-order valence-corrected chi connectivity index (χ0v) is 16.3. The Morgan fingerprint density at radius 3 is 2.35 bits per heavy atom. The molecule has 1 atom stereocenters. The molecule has 0 spiro atoms. The lowest BCUT2D eigenvalue weighted by Crippen LogP contribution is -2.29. The van der Waals surface area contributed by atoms with Crippen LogP contribution in [0.25, 0.3) is 0 Å². The van der Waals surface area contributed by atoms with Gasteiger partial charge in [0.15, 0.2) is 0 Å². The SMILES string of the molecule is C[Si](C)(C)CC(CC(F)(F)F)SC(=S)OCCc1ccccc1. The van der Waals surface area contributed by atoms with Crippen molar-refractivity contribution >= 4 is 36.4 Å². The minimum Gasteiger partial charge on any atom is -0.478 e. The number of hydrogen-bond acceptors (Lipinski definition) is 3. The van der Waals surface area contributed by atoms with E-state index >= 15 is 0 Å². The van der Waals surface area contributed by atoms with Crippen molar-refractivity contribution in [2.24, 2.45) is 0 Å². The summed E-state index contributed by atoms with van der Waals surface area (Å²) in [4.78, 5) is 0. The predicted molar refractivity (Wildman–Crippen MR) is 98.9 cm³/mol. The molecule has 7 heteroatoms. The molecular formula is C16H23F3OS2Si. The van der Waals surface area contributed by atoms with Gasteiger partial charge >= 0.3 is 6.18 Å². The van der Waals surface area contributed by atoms with Crippen LogP contribution in [0.5, 0.6) is 0 Å². The van der Waals surface area contributed by atoms with E-state index in [2.05, 4.69) is 19.6 Å². The van der Waals surface area contributed by atoms with Gasteiger partial charge in [-0.3, -0.25) is 0 Å². The Balaban J connectivity index is 2.46. The first kappa shape index (κ1) is 20.5. The number of hydrogen-bond donors (Lipinski definition) is 0. The Hall–Kier alpha value is -0.533. The van der Waals surface area contributed by atoms with Crippen LogP contribution in [-0.2, 0) is 11.2 Å². The topological polar surface area (TPSA) is 9.23 Å². The average molecular weight is 381 g/mol. The van der Waals surface area contributed by atoms with E-state index in [1.54, 1.807) is 0 Å². The van der Waals surface area contributed by atoms with Crippen LogP contribution < -0.4 is 0 Å². The summed E-state index contributed by atoms with van der Waals surface area (Å²) >= 11 is 6.17. The molecular weight excluding hydrogens is 357 g/mol. The van der Waals surface area contributed by atoms with Gasteiger partial charge in [-0.05, 0) is 23.8 Å². The predicted octanol–water partition coefficient (Wildman–Crippen LogP) is 5.92. The highest BCUT2D eigenvalue weighted by molar-refractivity contribution is 8.23. The second-order valence-electron chi connectivity index (χ2n) is 6.66. The summed E-state index contributed by atoms with van der Waals surface area (Å²) in [5, 5.41) is -0.550. The quantitative estimate of drug-likeness (QED) is 0.429. The van der Waals surface area contributed by atoms with Gasteiger partial charge in [-0.25, -0.2) is 0 Å². The van der Waals surface area contributed by atoms with E-state index in [0.29, 0.717) is 19.1 Å². The van der Waals surface area contributed by atoms with Crippen LogP contribution in [0.1, 0.15) is 12.0 Å². The van der Waals surface area contributed by atoms with Gasteiger partial charge in [-0.2, -0.15) is 13.2 Å². The van der Waals surface area contributed by atoms with Crippen LogP contribution in [0, 0.1) is 0 Å². The Morgan fingerprint density at radius 1 is 1.22 bits per heavy atom. The van der Waals surface area contributed by atoms with Crippen LogP contribution >= 0.6 is 24.0 Å². The van der Waals surface area contributed by atoms with Gasteiger partial charge in [-0.15, -0.1) is 0 Å². The minimum absolute atomic E-state index is 0.216. The van der Waals surface area contributed by atoms with Crippen LogP contribution in [0.4, 0.5) is 13.2 Å². The van der Waals surface area contributed by atoms with E-state index in [0.717, 1.165) is 17.3 Å². The lowest BCUT2D eigenvalue weighted by molar-refractivity contribution is -0.133. The highest BCUT2D eigenvalue weighted by atomic mass is 32.2. The molecule has 0 amide bonds. The first-order chi connectivity index (χ1) is 10.6. The van der Waals surface area contributed by atoms with E-state index in [4.69, 9.17) is 17.0 Å². The highest BCUT2D eigenvalue weighted by Gasteiger charge is 2.35. The molecule has 1 aromatic rings. The van der Waals surface area contributed by atoms with Crippen molar-refractivity contribution in [1.29, 1.82) is 0 Å². The van der Waals surface area contributed by atoms with E-state index in [1.165, 1.54) is 0 Å². The van der Waals surface area contributed by atoms with E-state index in [1.807, 2.05) is 30.3 Å². The number of alkyl halides is 3. The average Bonchev–Trinajstić information content (AvgIpc) is 2.35. The number of rotatable bonds is 7. The maximum Gasteiger partial charge on any atom is 0.390 e. The molecule has 0 aliphatic rings. The molecule has 0 saturated carbocycles. The smallest absolute Gasteiger partial charge is 0.390 e. The van der Waals surface area contributed by atoms with Gasteiger partial charge < -0.3 is 4.74 Å². The lowest BCUT2D eigenvalue weighted by atomic mass is 10.2.